The highest BCUT2D eigenvalue weighted by Crippen LogP contribution is 2.40. The molecule has 0 amide bonds. The first-order valence-corrected chi connectivity index (χ1v) is 8.23. The Labute approximate surface area is 132 Å². The molecule has 1 fully saturated rings. The number of nitrogens with one attached hydrogen (secondary N) is 1. The van der Waals surface area contributed by atoms with Gasteiger partial charge in [-0.1, -0.05) is 33.6 Å². The molecule has 22 heavy (non-hydrogen) atoms. The Morgan fingerprint density at radius 1 is 1.23 bits per heavy atom. The second-order valence-electron chi connectivity index (χ2n) is 6.16. The van der Waals surface area contributed by atoms with E-state index in [0.717, 1.165) is 19.4 Å². The molecule has 0 aromatic carbocycles. The third-order valence-electron chi connectivity index (χ3n) is 4.90. The standard InChI is InChI=1S/C15H32N4O3/c1-4-8(5-2)12(18-6-3)11-10(19-15(16)17)7-9(13(11)20)14(21)22/h8-14,18,20-22H,4-7H2,1-3H3,(H4,16,17,19). The summed E-state index contributed by atoms with van der Waals surface area (Å²) in [6, 6.07) is -0.275. The predicted molar refractivity (Wildman–Crippen MR) is 87.0 cm³/mol. The fraction of sp³-hybridized carbons (Fsp3) is 0.933. The maximum absolute atomic E-state index is 10.6. The summed E-state index contributed by atoms with van der Waals surface area (Å²) >= 11 is 0. The van der Waals surface area contributed by atoms with Gasteiger partial charge in [0.2, 0.25) is 0 Å². The molecule has 0 radical (unpaired) electrons. The summed E-state index contributed by atoms with van der Waals surface area (Å²) in [5.41, 5.74) is 11.0. The number of rotatable bonds is 8. The van der Waals surface area contributed by atoms with E-state index in [4.69, 9.17) is 11.5 Å². The van der Waals surface area contributed by atoms with E-state index in [0.29, 0.717) is 12.3 Å². The molecule has 7 nitrogen and oxygen atoms in total. The molecule has 0 heterocycles. The van der Waals surface area contributed by atoms with Crippen molar-refractivity contribution < 1.29 is 15.3 Å². The molecule has 130 valence electrons. The quantitative estimate of drug-likeness (QED) is 0.200. The van der Waals surface area contributed by atoms with Gasteiger partial charge < -0.3 is 32.1 Å². The second kappa shape index (κ2) is 8.67. The van der Waals surface area contributed by atoms with Crippen molar-refractivity contribution in [3.8, 4) is 0 Å². The SMILES string of the molecule is CCNC(C(CC)CC)C1C(N=C(N)N)CC(C(O)O)C1O. The maximum atomic E-state index is 10.6. The molecule has 5 unspecified atom stereocenters. The van der Waals surface area contributed by atoms with Gasteiger partial charge in [-0.25, -0.2) is 4.99 Å². The van der Waals surface area contributed by atoms with E-state index in [9.17, 15) is 15.3 Å². The van der Waals surface area contributed by atoms with Crippen LogP contribution in [0.25, 0.3) is 0 Å². The van der Waals surface area contributed by atoms with Gasteiger partial charge in [0.05, 0.1) is 12.1 Å². The first kappa shape index (κ1) is 19.2. The van der Waals surface area contributed by atoms with Crippen molar-refractivity contribution >= 4 is 5.96 Å². The number of nitrogens with zero attached hydrogens (tertiary/aromatic N) is 1. The van der Waals surface area contributed by atoms with Gasteiger partial charge in [0.1, 0.15) is 0 Å². The minimum absolute atomic E-state index is 0.0323. The number of hydrogen-bond donors (Lipinski definition) is 6. The third kappa shape index (κ3) is 4.32. The summed E-state index contributed by atoms with van der Waals surface area (Å²) in [7, 11) is 0. The number of aliphatic imine (C=N–C) groups is 1. The molecule has 1 rings (SSSR count). The largest absolute Gasteiger partial charge is 0.392 e. The minimum Gasteiger partial charge on any atom is -0.392 e. The summed E-state index contributed by atoms with van der Waals surface area (Å²) in [4.78, 5) is 4.25. The number of nitrogens with two attached hydrogens (primary N) is 2. The van der Waals surface area contributed by atoms with Gasteiger partial charge in [-0.05, 0) is 18.9 Å². The van der Waals surface area contributed by atoms with Crippen molar-refractivity contribution in [1.82, 2.24) is 5.32 Å². The molecule has 0 spiro atoms. The molecule has 0 aromatic rings. The lowest BCUT2D eigenvalue weighted by Crippen LogP contribution is -2.49. The lowest BCUT2D eigenvalue weighted by molar-refractivity contribution is -0.116. The molecule has 0 saturated heterocycles. The first-order chi connectivity index (χ1) is 10.4. The van der Waals surface area contributed by atoms with Gasteiger partial charge in [-0.15, -0.1) is 0 Å². The van der Waals surface area contributed by atoms with Gasteiger partial charge in [-0.3, -0.25) is 0 Å². The number of aliphatic hydroxyl groups excluding tert-OH is 2. The molecule has 0 aliphatic heterocycles. The molecule has 8 N–H and O–H groups in total. The van der Waals surface area contributed by atoms with Gasteiger partial charge in [0.25, 0.3) is 0 Å². The summed E-state index contributed by atoms with van der Waals surface area (Å²) in [6.07, 6.45) is -0.113. The Morgan fingerprint density at radius 3 is 2.23 bits per heavy atom. The highest BCUT2D eigenvalue weighted by atomic mass is 16.5. The number of hydrogen-bond acceptors (Lipinski definition) is 5. The van der Waals surface area contributed by atoms with E-state index in [1.54, 1.807) is 0 Å². The average Bonchev–Trinajstić information content (AvgIpc) is 2.75. The van der Waals surface area contributed by atoms with Gasteiger partial charge in [0, 0.05) is 17.9 Å². The molecule has 7 heteroatoms. The summed E-state index contributed by atoms with van der Waals surface area (Å²) in [5.74, 6) is -0.534. The van der Waals surface area contributed by atoms with Crippen LogP contribution in [0.15, 0.2) is 4.99 Å². The third-order valence-corrected chi connectivity index (χ3v) is 4.90. The Morgan fingerprint density at radius 2 is 1.82 bits per heavy atom. The van der Waals surface area contributed by atoms with Gasteiger partial charge in [0.15, 0.2) is 12.2 Å². The van der Waals surface area contributed by atoms with Crippen LogP contribution < -0.4 is 16.8 Å². The highest BCUT2D eigenvalue weighted by molar-refractivity contribution is 5.75. The monoisotopic (exact) mass is 316 g/mol. The summed E-state index contributed by atoms with van der Waals surface area (Å²) < 4.78 is 0. The summed E-state index contributed by atoms with van der Waals surface area (Å²) in [6.45, 7) is 7.03. The second-order valence-corrected chi connectivity index (χ2v) is 6.16. The molecule has 0 bridgehead atoms. The number of guanidine groups is 1. The smallest absolute Gasteiger partial charge is 0.186 e. The lowest BCUT2D eigenvalue weighted by atomic mass is 9.80. The van der Waals surface area contributed by atoms with Crippen LogP contribution in [-0.4, -0.2) is 52.3 Å². The van der Waals surface area contributed by atoms with Crippen molar-refractivity contribution in [1.29, 1.82) is 0 Å². The predicted octanol–water partition coefficient (Wildman–Crippen LogP) is -0.650. The van der Waals surface area contributed by atoms with E-state index < -0.39 is 18.3 Å². The topological polar surface area (TPSA) is 137 Å². The van der Waals surface area contributed by atoms with E-state index >= 15 is 0 Å². The lowest BCUT2D eigenvalue weighted by Gasteiger charge is -2.36. The molecular weight excluding hydrogens is 284 g/mol. The minimum atomic E-state index is -1.57. The van der Waals surface area contributed by atoms with Crippen LogP contribution in [0.2, 0.25) is 0 Å². The molecule has 0 aromatic heterocycles. The van der Waals surface area contributed by atoms with Crippen LogP contribution in [-0.2, 0) is 0 Å². The van der Waals surface area contributed by atoms with Crippen LogP contribution in [0.1, 0.15) is 40.0 Å². The normalized spacial score (nSPS) is 30.0. The maximum Gasteiger partial charge on any atom is 0.186 e. The molecule has 1 saturated carbocycles. The Kier molecular flexibility index (Phi) is 7.55. The number of aliphatic hydroxyl groups is 3. The van der Waals surface area contributed by atoms with E-state index in [-0.39, 0.29) is 24.0 Å². The fourth-order valence-corrected chi connectivity index (χ4v) is 3.82. The Hall–Kier alpha value is -0.890. The summed E-state index contributed by atoms with van der Waals surface area (Å²) in [5, 5.41) is 33.1. The Bertz CT molecular complexity index is 357. The van der Waals surface area contributed by atoms with Gasteiger partial charge >= 0.3 is 0 Å². The fourth-order valence-electron chi connectivity index (χ4n) is 3.82. The van der Waals surface area contributed by atoms with Crippen molar-refractivity contribution in [3.05, 3.63) is 0 Å². The van der Waals surface area contributed by atoms with Gasteiger partial charge in [-0.2, -0.15) is 0 Å². The van der Waals surface area contributed by atoms with Crippen LogP contribution in [0.4, 0.5) is 0 Å². The molecular formula is C15H32N4O3. The molecule has 1 aliphatic carbocycles. The molecule has 1 aliphatic rings. The van der Waals surface area contributed by atoms with Crippen LogP contribution in [0.3, 0.4) is 0 Å². The first-order valence-electron chi connectivity index (χ1n) is 8.23. The van der Waals surface area contributed by atoms with Crippen molar-refractivity contribution in [2.75, 3.05) is 6.54 Å². The zero-order valence-electron chi connectivity index (χ0n) is 13.8. The van der Waals surface area contributed by atoms with Crippen molar-refractivity contribution in [2.24, 2.45) is 34.2 Å². The average molecular weight is 316 g/mol. The highest BCUT2D eigenvalue weighted by Gasteiger charge is 2.49. The van der Waals surface area contributed by atoms with Crippen molar-refractivity contribution in [3.63, 3.8) is 0 Å². The van der Waals surface area contributed by atoms with Crippen LogP contribution in [0, 0.1) is 17.8 Å². The Balaban J connectivity index is 3.12. The van der Waals surface area contributed by atoms with Crippen LogP contribution in [0.5, 0.6) is 0 Å². The van der Waals surface area contributed by atoms with E-state index in [1.165, 1.54) is 0 Å². The zero-order valence-corrected chi connectivity index (χ0v) is 13.8. The zero-order chi connectivity index (χ0) is 16.9. The van der Waals surface area contributed by atoms with Crippen molar-refractivity contribution in [2.45, 2.75) is 64.5 Å². The molecule has 5 atom stereocenters. The van der Waals surface area contributed by atoms with E-state index in [1.807, 2.05) is 6.92 Å². The van der Waals surface area contributed by atoms with E-state index in [2.05, 4.69) is 24.2 Å². The van der Waals surface area contributed by atoms with Crippen LogP contribution >= 0.6 is 0 Å².